The highest BCUT2D eigenvalue weighted by atomic mass is 35.5. The highest BCUT2D eigenvalue weighted by Gasteiger charge is 2.09. The Kier molecular flexibility index (Phi) is 2.68. The molecule has 0 saturated heterocycles. The smallest absolute Gasteiger partial charge is 0.135 e. The first kappa shape index (κ1) is 9.46. The molecular weight excluding hydrogens is 172 g/mol. The van der Waals surface area contributed by atoms with Crippen LogP contribution >= 0.6 is 11.6 Å². The summed E-state index contributed by atoms with van der Waals surface area (Å²) in [6, 6.07) is 0. The number of aromatic nitrogens is 2. The van der Waals surface area contributed by atoms with E-state index in [0.29, 0.717) is 11.1 Å². The molecule has 0 aliphatic heterocycles. The molecule has 12 heavy (non-hydrogen) atoms. The van der Waals surface area contributed by atoms with Crippen LogP contribution in [-0.4, -0.2) is 9.97 Å². The lowest BCUT2D eigenvalue weighted by atomic mass is 10.1. The third kappa shape index (κ3) is 1.75. The summed E-state index contributed by atoms with van der Waals surface area (Å²) in [6.07, 6.45) is 0. The number of hydrogen-bond donors (Lipinski definition) is 0. The quantitative estimate of drug-likeness (QED) is 0.628. The van der Waals surface area contributed by atoms with Gasteiger partial charge in [-0.1, -0.05) is 25.4 Å². The van der Waals surface area contributed by atoms with E-state index in [0.717, 1.165) is 17.1 Å². The monoisotopic (exact) mass is 184 g/mol. The van der Waals surface area contributed by atoms with E-state index in [1.807, 2.05) is 13.8 Å². The maximum atomic E-state index is 5.91. The van der Waals surface area contributed by atoms with Gasteiger partial charge in [-0.3, -0.25) is 0 Å². The third-order valence-electron chi connectivity index (χ3n) is 1.78. The van der Waals surface area contributed by atoms with Crippen LogP contribution in [-0.2, 0) is 0 Å². The summed E-state index contributed by atoms with van der Waals surface area (Å²) in [4.78, 5) is 8.41. The lowest BCUT2D eigenvalue weighted by Crippen LogP contribution is -2.01. The maximum absolute atomic E-state index is 5.91. The summed E-state index contributed by atoms with van der Waals surface area (Å²) < 4.78 is 0. The van der Waals surface area contributed by atoms with Crippen molar-refractivity contribution in [3.05, 3.63) is 22.2 Å². The van der Waals surface area contributed by atoms with Crippen LogP contribution in [0.4, 0.5) is 0 Å². The fraction of sp³-hybridized carbons (Fsp3) is 0.556. The average Bonchev–Trinajstić information content (AvgIpc) is 1.96. The first-order valence-corrected chi connectivity index (χ1v) is 4.40. The van der Waals surface area contributed by atoms with Crippen molar-refractivity contribution in [2.75, 3.05) is 0 Å². The van der Waals surface area contributed by atoms with Crippen LogP contribution in [0.5, 0.6) is 0 Å². The minimum absolute atomic E-state index is 0.407. The van der Waals surface area contributed by atoms with Gasteiger partial charge in [-0.25, -0.2) is 9.97 Å². The molecule has 0 radical (unpaired) electrons. The fourth-order valence-electron chi connectivity index (χ4n) is 1.18. The van der Waals surface area contributed by atoms with Gasteiger partial charge in [0.1, 0.15) is 11.0 Å². The standard InChI is InChI=1S/C9H13ClN2/c1-5(2)8-6(3)9(10)12-7(4)11-8/h5H,1-4H3. The van der Waals surface area contributed by atoms with Crippen molar-refractivity contribution in [1.29, 1.82) is 0 Å². The summed E-state index contributed by atoms with van der Waals surface area (Å²) in [5, 5.41) is 0.575. The molecule has 0 aliphatic carbocycles. The number of aryl methyl sites for hydroxylation is 1. The Bertz CT molecular complexity index is 295. The van der Waals surface area contributed by atoms with E-state index in [9.17, 15) is 0 Å². The number of nitrogens with zero attached hydrogens (tertiary/aromatic N) is 2. The van der Waals surface area contributed by atoms with Gasteiger partial charge < -0.3 is 0 Å². The van der Waals surface area contributed by atoms with Gasteiger partial charge in [0.2, 0.25) is 0 Å². The van der Waals surface area contributed by atoms with E-state index in [1.54, 1.807) is 0 Å². The summed E-state index contributed by atoms with van der Waals surface area (Å²) in [5.41, 5.74) is 2.05. The molecule has 0 aliphatic rings. The number of hydrogen-bond acceptors (Lipinski definition) is 2. The first-order valence-electron chi connectivity index (χ1n) is 4.03. The number of halogens is 1. The van der Waals surface area contributed by atoms with E-state index in [4.69, 9.17) is 11.6 Å². The Morgan fingerprint density at radius 2 is 1.75 bits per heavy atom. The Morgan fingerprint density at radius 3 is 2.25 bits per heavy atom. The predicted molar refractivity (Wildman–Crippen MR) is 50.6 cm³/mol. The van der Waals surface area contributed by atoms with Crippen LogP contribution in [0.2, 0.25) is 5.15 Å². The molecule has 1 aromatic heterocycles. The zero-order chi connectivity index (χ0) is 9.30. The average molecular weight is 185 g/mol. The van der Waals surface area contributed by atoms with Gasteiger partial charge >= 0.3 is 0 Å². The molecule has 0 spiro atoms. The van der Waals surface area contributed by atoms with Crippen molar-refractivity contribution in [3.8, 4) is 0 Å². The third-order valence-corrected chi connectivity index (χ3v) is 2.15. The van der Waals surface area contributed by atoms with Crippen molar-refractivity contribution in [1.82, 2.24) is 9.97 Å². The van der Waals surface area contributed by atoms with Crippen molar-refractivity contribution in [2.24, 2.45) is 0 Å². The molecule has 66 valence electrons. The zero-order valence-corrected chi connectivity index (χ0v) is 8.61. The molecule has 0 N–H and O–H groups in total. The molecule has 0 amide bonds. The van der Waals surface area contributed by atoms with E-state index >= 15 is 0 Å². The van der Waals surface area contributed by atoms with Crippen molar-refractivity contribution < 1.29 is 0 Å². The van der Waals surface area contributed by atoms with Crippen LogP contribution in [0.25, 0.3) is 0 Å². The lowest BCUT2D eigenvalue weighted by Gasteiger charge is -2.09. The summed E-state index contributed by atoms with van der Waals surface area (Å²) in [5.74, 6) is 1.15. The van der Waals surface area contributed by atoms with Gasteiger partial charge in [-0.05, 0) is 19.8 Å². The topological polar surface area (TPSA) is 25.8 Å². The highest BCUT2D eigenvalue weighted by molar-refractivity contribution is 6.30. The molecule has 0 bridgehead atoms. The minimum Gasteiger partial charge on any atom is -0.238 e. The van der Waals surface area contributed by atoms with Gasteiger partial charge in [0, 0.05) is 5.56 Å². The molecule has 0 unspecified atom stereocenters. The molecule has 2 nitrogen and oxygen atoms in total. The van der Waals surface area contributed by atoms with Crippen molar-refractivity contribution in [3.63, 3.8) is 0 Å². The van der Waals surface area contributed by atoms with E-state index < -0.39 is 0 Å². The largest absolute Gasteiger partial charge is 0.238 e. The molecular formula is C9H13ClN2. The number of rotatable bonds is 1. The van der Waals surface area contributed by atoms with Crippen LogP contribution in [0.1, 0.15) is 36.8 Å². The molecule has 0 aromatic carbocycles. The molecule has 3 heteroatoms. The van der Waals surface area contributed by atoms with Gasteiger partial charge in [0.05, 0.1) is 5.69 Å². The summed E-state index contributed by atoms with van der Waals surface area (Å²) in [6.45, 7) is 8.02. The Labute approximate surface area is 78.0 Å². The molecule has 1 rings (SSSR count). The van der Waals surface area contributed by atoms with Gasteiger partial charge in [-0.2, -0.15) is 0 Å². The normalized spacial score (nSPS) is 10.8. The van der Waals surface area contributed by atoms with Crippen molar-refractivity contribution >= 4 is 11.6 Å². The second kappa shape index (κ2) is 3.40. The van der Waals surface area contributed by atoms with Gasteiger partial charge in [0.15, 0.2) is 0 Å². The van der Waals surface area contributed by atoms with Crippen LogP contribution in [0.3, 0.4) is 0 Å². The second-order valence-electron chi connectivity index (χ2n) is 3.23. The van der Waals surface area contributed by atoms with E-state index in [-0.39, 0.29) is 0 Å². The molecule has 0 saturated carbocycles. The van der Waals surface area contributed by atoms with Crippen LogP contribution < -0.4 is 0 Å². The van der Waals surface area contributed by atoms with E-state index in [1.165, 1.54) is 0 Å². The van der Waals surface area contributed by atoms with Crippen LogP contribution in [0.15, 0.2) is 0 Å². The molecule has 0 atom stereocenters. The molecule has 0 fully saturated rings. The molecule has 1 aromatic rings. The van der Waals surface area contributed by atoms with Crippen molar-refractivity contribution in [2.45, 2.75) is 33.6 Å². The maximum Gasteiger partial charge on any atom is 0.135 e. The Balaban J connectivity index is 3.28. The zero-order valence-electron chi connectivity index (χ0n) is 7.85. The SMILES string of the molecule is Cc1nc(Cl)c(C)c(C(C)C)n1. The molecule has 1 heterocycles. The summed E-state index contributed by atoms with van der Waals surface area (Å²) in [7, 11) is 0. The van der Waals surface area contributed by atoms with Gasteiger partial charge in [0.25, 0.3) is 0 Å². The highest BCUT2D eigenvalue weighted by Crippen LogP contribution is 2.21. The first-order chi connectivity index (χ1) is 5.52. The summed E-state index contributed by atoms with van der Waals surface area (Å²) >= 11 is 5.91. The van der Waals surface area contributed by atoms with E-state index in [2.05, 4.69) is 23.8 Å². The van der Waals surface area contributed by atoms with Crippen LogP contribution in [0, 0.1) is 13.8 Å². The Hall–Kier alpha value is -0.630. The lowest BCUT2D eigenvalue weighted by molar-refractivity contribution is 0.789. The predicted octanol–water partition coefficient (Wildman–Crippen LogP) is 2.87. The fourth-order valence-corrected chi connectivity index (χ4v) is 1.40. The minimum atomic E-state index is 0.407. The van der Waals surface area contributed by atoms with Gasteiger partial charge in [-0.15, -0.1) is 0 Å². The second-order valence-corrected chi connectivity index (χ2v) is 3.58. The Morgan fingerprint density at radius 1 is 1.17 bits per heavy atom.